The molecule has 0 atom stereocenters. The zero-order valence-electron chi connectivity index (χ0n) is 17.9. The Morgan fingerprint density at radius 1 is 0.967 bits per heavy atom. The summed E-state index contributed by atoms with van der Waals surface area (Å²) in [5, 5.41) is 3.11. The first-order valence-electron chi connectivity index (χ1n) is 10.2. The molecule has 5 heteroatoms. The number of hydrogen-bond acceptors (Lipinski definition) is 4. The summed E-state index contributed by atoms with van der Waals surface area (Å²) in [6.45, 7) is 7.74. The highest BCUT2D eigenvalue weighted by molar-refractivity contribution is 5.98. The van der Waals surface area contributed by atoms with E-state index >= 15 is 0 Å². The Morgan fingerprint density at radius 2 is 1.57 bits per heavy atom. The summed E-state index contributed by atoms with van der Waals surface area (Å²) in [5.74, 6) is 0.845. The van der Waals surface area contributed by atoms with Crippen molar-refractivity contribution < 1.29 is 9.21 Å². The third-order valence-electron chi connectivity index (χ3n) is 5.37. The van der Waals surface area contributed by atoms with Gasteiger partial charge in [0.05, 0.1) is 0 Å². The van der Waals surface area contributed by atoms with Crippen molar-refractivity contribution in [1.29, 1.82) is 0 Å². The fraction of sp³-hybridized carbons (Fsp3) is 0.280. The van der Waals surface area contributed by atoms with E-state index in [9.17, 15) is 4.79 Å². The van der Waals surface area contributed by atoms with Gasteiger partial charge in [-0.05, 0) is 47.4 Å². The van der Waals surface area contributed by atoms with Crippen LogP contribution < -0.4 is 5.32 Å². The van der Waals surface area contributed by atoms with Gasteiger partial charge in [0.15, 0.2) is 11.5 Å². The lowest BCUT2D eigenvalue weighted by molar-refractivity contribution is 0.0795. The zero-order chi connectivity index (χ0) is 21.3. The number of anilines is 1. The minimum absolute atomic E-state index is 0.0687. The van der Waals surface area contributed by atoms with Gasteiger partial charge in [-0.3, -0.25) is 4.79 Å². The van der Waals surface area contributed by atoms with E-state index in [1.807, 2.05) is 55.6 Å². The van der Waals surface area contributed by atoms with E-state index in [4.69, 9.17) is 4.42 Å². The van der Waals surface area contributed by atoms with Crippen molar-refractivity contribution in [2.24, 2.45) is 0 Å². The van der Waals surface area contributed by atoms with Crippen molar-refractivity contribution in [3.8, 4) is 22.8 Å². The van der Waals surface area contributed by atoms with Crippen molar-refractivity contribution in [2.75, 3.05) is 25.5 Å². The predicted octanol–water partition coefficient (Wildman–Crippen LogP) is 5.36. The highest BCUT2D eigenvalue weighted by Gasteiger charge is 2.27. The van der Waals surface area contributed by atoms with E-state index in [0.29, 0.717) is 30.4 Å². The lowest BCUT2D eigenvalue weighted by atomic mass is 9.87. The van der Waals surface area contributed by atoms with E-state index in [2.05, 4.69) is 43.2 Å². The van der Waals surface area contributed by atoms with Crippen molar-refractivity contribution in [2.45, 2.75) is 26.2 Å². The molecular formula is C25H27N3O2. The molecule has 2 aromatic carbocycles. The quantitative estimate of drug-likeness (QED) is 0.598. The molecule has 0 aliphatic carbocycles. The third kappa shape index (κ3) is 3.88. The Balaban J connectivity index is 1.75. The van der Waals surface area contributed by atoms with Crippen LogP contribution in [0.25, 0.3) is 22.8 Å². The van der Waals surface area contributed by atoms with Gasteiger partial charge in [-0.15, -0.1) is 0 Å². The zero-order valence-corrected chi connectivity index (χ0v) is 17.9. The van der Waals surface area contributed by atoms with Gasteiger partial charge in [0.25, 0.3) is 5.91 Å². The van der Waals surface area contributed by atoms with Crippen LogP contribution in [0.5, 0.6) is 0 Å². The fourth-order valence-corrected chi connectivity index (χ4v) is 3.48. The lowest BCUT2D eigenvalue weighted by Gasteiger charge is -2.18. The summed E-state index contributed by atoms with van der Waals surface area (Å²) < 4.78 is 6.17. The van der Waals surface area contributed by atoms with Crippen LogP contribution >= 0.6 is 0 Å². The predicted molar refractivity (Wildman–Crippen MR) is 121 cm³/mol. The number of amides is 1. The smallest absolute Gasteiger partial charge is 0.277 e. The Kier molecular flexibility index (Phi) is 5.20. The molecular weight excluding hydrogens is 374 g/mol. The molecule has 0 saturated heterocycles. The maximum atomic E-state index is 13.1. The number of aromatic nitrogens is 1. The molecule has 0 bridgehead atoms. The molecule has 154 valence electrons. The van der Waals surface area contributed by atoms with Crippen molar-refractivity contribution in [3.63, 3.8) is 0 Å². The second-order valence-electron chi connectivity index (χ2n) is 8.53. The maximum absolute atomic E-state index is 13.1. The molecule has 1 amide bonds. The van der Waals surface area contributed by atoms with Crippen molar-refractivity contribution in [1.82, 2.24) is 9.88 Å². The first-order valence-corrected chi connectivity index (χ1v) is 10.2. The Morgan fingerprint density at radius 3 is 2.13 bits per heavy atom. The Hall–Kier alpha value is -3.34. The molecule has 3 aromatic rings. The number of benzene rings is 2. The van der Waals surface area contributed by atoms with Crippen molar-refractivity contribution in [3.05, 3.63) is 71.9 Å². The van der Waals surface area contributed by atoms with Gasteiger partial charge in [0.2, 0.25) is 5.89 Å². The molecule has 1 aliphatic heterocycles. The second kappa shape index (κ2) is 7.82. The topological polar surface area (TPSA) is 58.4 Å². The van der Waals surface area contributed by atoms with Gasteiger partial charge in [-0.1, -0.05) is 45.1 Å². The number of hydrogen-bond donors (Lipinski definition) is 1. The number of nitrogens with zero attached hydrogens (tertiary/aromatic N) is 2. The Labute approximate surface area is 177 Å². The molecule has 1 aliphatic rings. The monoisotopic (exact) mass is 401 g/mol. The number of carbonyl (C=O) groups excluding carboxylic acids is 1. The van der Waals surface area contributed by atoms with Gasteiger partial charge in [0, 0.05) is 37.0 Å². The molecule has 4 rings (SSSR count). The summed E-state index contributed by atoms with van der Waals surface area (Å²) >= 11 is 0. The summed E-state index contributed by atoms with van der Waals surface area (Å²) in [4.78, 5) is 19.5. The average Bonchev–Trinajstić information content (AvgIpc) is 3.43. The van der Waals surface area contributed by atoms with E-state index < -0.39 is 0 Å². The van der Waals surface area contributed by atoms with Gasteiger partial charge < -0.3 is 14.6 Å². The minimum Gasteiger partial charge on any atom is -0.435 e. The first-order chi connectivity index (χ1) is 14.4. The van der Waals surface area contributed by atoms with E-state index in [0.717, 1.165) is 16.8 Å². The SMILES string of the molecule is CNc1ccc(-c2oc(-c3ccc(C(C)(C)C)cc3)nc2C(=O)N2CC=CC2)cc1. The van der Waals surface area contributed by atoms with Gasteiger partial charge in [-0.2, -0.15) is 0 Å². The van der Waals surface area contributed by atoms with Gasteiger partial charge in [0.1, 0.15) is 0 Å². The van der Waals surface area contributed by atoms with Crippen molar-refractivity contribution >= 4 is 11.6 Å². The molecule has 5 nitrogen and oxygen atoms in total. The summed E-state index contributed by atoms with van der Waals surface area (Å²) in [6, 6.07) is 16.0. The molecule has 2 heterocycles. The van der Waals surface area contributed by atoms with Gasteiger partial charge in [-0.25, -0.2) is 4.98 Å². The highest BCUT2D eigenvalue weighted by Crippen LogP contribution is 2.33. The van der Waals surface area contributed by atoms with E-state index in [1.165, 1.54) is 5.56 Å². The number of carbonyl (C=O) groups is 1. The summed E-state index contributed by atoms with van der Waals surface area (Å²) in [5.41, 5.74) is 4.34. The standard InChI is InChI=1S/C25H27N3O2/c1-25(2,3)19-11-7-18(8-12-19)23-27-21(24(29)28-15-5-6-16-28)22(30-23)17-9-13-20(26-4)14-10-17/h5-14,26H,15-16H2,1-4H3. The third-order valence-corrected chi connectivity index (χ3v) is 5.37. The van der Waals surface area contributed by atoms with Crippen LogP contribution in [0.4, 0.5) is 5.69 Å². The van der Waals surface area contributed by atoms with E-state index in [1.54, 1.807) is 4.90 Å². The summed E-state index contributed by atoms with van der Waals surface area (Å²) in [7, 11) is 1.87. The number of nitrogens with one attached hydrogen (secondary N) is 1. The maximum Gasteiger partial charge on any atom is 0.277 e. The average molecular weight is 402 g/mol. The molecule has 1 N–H and O–H groups in total. The highest BCUT2D eigenvalue weighted by atomic mass is 16.4. The molecule has 30 heavy (non-hydrogen) atoms. The molecule has 0 fully saturated rings. The molecule has 0 spiro atoms. The molecule has 0 unspecified atom stereocenters. The van der Waals surface area contributed by atoms with Gasteiger partial charge >= 0.3 is 0 Å². The largest absolute Gasteiger partial charge is 0.435 e. The first kappa shape index (κ1) is 20.0. The molecule has 0 radical (unpaired) electrons. The van der Waals surface area contributed by atoms with Crippen LogP contribution in [0.1, 0.15) is 36.8 Å². The van der Waals surface area contributed by atoms with Crippen LogP contribution in [-0.2, 0) is 5.41 Å². The van der Waals surface area contributed by atoms with Crippen LogP contribution in [0, 0.1) is 0 Å². The number of rotatable bonds is 4. The Bertz CT molecular complexity index is 1060. The minimum atomic E-state index is -0.117. The van der Waals surface area contributed by atoms with Crippen LogP contribution in [0.15, 0.2) is 65.1 Å². The normalized spacial score (nSPS) is 13.7. The molecule has 1 aromatic heterocycles. The second-order valence-corrected chi connectivity index (χ2v) is 8.53. The summed E-state index contributed by atoms with van der Waals surface area (Å²) in [6.07, 6.45) is 3.98. The molecule has 0 saturated carbocycles. The van der Waals surface area contributed by atoms with Crippen LogP contribution in [0.2, 0.25) is 0 Å². The van der Waals surface area contributed by atoms with Crippen LogP contribution in [-0.4, -0.2) is 35.9 Å². The number of oxazole rings is 1. The van der Waals surface area contributed by atoms with Crippen LogP contribution in [0.3, 0.4) is 0 Å². The van der Waals surface area contributed by atoms with E-state index in [-0.39, 0.29) is 11.3 Å². The fourth-order valence-electron chi connectivity index (χ4n) is 3.48. The lowest BCUT2D eigenvalue weighted by Crippen LogP contribution is -2.28.